The number of fused-ring (bicyclic) bond motifs is 1. The van der Waals surface area contributed by atoms with Crippen LogP contribution in [0.1, 0.15) is 71.6 Å². The van der Waals surface area contributed by atoms with Crippen LogP contribution in [-0.2, 0) is 10.2 Å². The highest BCUT2D eigenvalue weighted by Crippen LogP contribution is 2.41. The molecule has 1 N–H and O–H groups in total. The van der Waals surface area contributed by atoms with Gasteiger partial charge in [0.25, 0.3) is 5.91 Å². The van der Waals surface area contributed by atoms with Crippen LogP contribution in [-0.4, -0.2) is 24.7 Å². The average molecular weight is 426 g/mol. The molecule has 1 amide bonds. The van der Waals surface area contributed by atoms with Gasteiger partial charge in [0, 0.05) is 18.1 Å². The van der Waals surface area contributed by atoms with Crippen molar-refractivity contribution in [3.8, 4) is 17.2 Å². The van der Waals surface area contributed by atoms with Crippen LogP contribution in [0.3, 0.4) is 0 Å². The molecule has 0 saturated heterocycles. The summed E-state index contributed by atoms with van der Waals surface area (Å²) >= 11 is 0. The van der Waals surface area contributed by atoms with Crippen LogP contribution in [0.4, 0.5) is 0 Å². The Hall–Kier alpha value is -2.69. The molecule has 31 heavy (non-hydrogen) atoms. The number of hydrogen-bond acceptors (Lipinski definition) is 4. The molecular formula is C26H35NO4. The third-order valence-electron chi connectivity index (χ3n) is 5.66. The van der Waals surface area contributed by atoms with Gasteiger partial charge < -0.3 is 19.5 Å². The molecule has 3 rings (SSSR count). The molecule has 168 valence electrons. The van der Waals surface area contributed by atoms with E-state index in [0.29, 0.717) is 18.6 Å². The Morgan fingerprint density at radius 3 is 2.39 bits per heavy atom. The zero-order valence-electron chi connectivity index (χ0n) is 19.7. The monoisotopic (exact) mass is 425 g/mol. The minimum atomic E-state index is -0.562. The van der Waals surface area contributed by atoms with E-state index >= 15 is 0 Å². The number of carbonyl (C=O) groups excluding carboxylic acids is 1. The molecule has 5 heteroatoms. The van der Waals surface area contributed by atoms with Crippen LogP contribution in [0, 0.1) is 0 Å². The zero-order chi connectivity index (χ0) is 22.8. The number of hydrogen-bond donors (Lipinski definition) is 1. The van der Waals surface area contributed by atoms with E-state index in [1.165, 1.54) is 5.56 Å². The first kappa shape index (κ1) is 23.0. The largest absolute Gasteiger partial charge is 0.497 e. The van der Waals surface area contributed by atoms with Gasteiger partial charge in [-0.1, -0.05) is 39.8 Å². The highest BCUT2D eigenvalue weighted by Gasteiger charge is 2.36. The van der Waals surface area contributed by atoms with Crippen molar-refractivity contribution in [1.29, 1.82) is 0 Å². The number of methoxy groups -OCH3 is 1. The molecule has 2 aromatic rings. The van der Waals surface area contributed by atoms with Gasteiger partial charge in [-0.2, -0.15) is 0 Å². The summed E-state index contributed by atoms with van der Waals surface area (Å²) < 4.78 is 17.5. The first-order chi connectivity index (χ1) is 14.5. The van der Waals surface area contributed by atoms with E-state index in [1.54, 1.807) is 7.11 Å². The van der Waals surface area contributed by atoms with E-state index in [0.717, 1.165) is 17.1 Å². The van der Waals surface area contributed by atoms with E-state index < -0.39 is 11.7 Å². The van der Waals surface area contributed by atoms with Gasteiger partial charge >= 0.3 is 0 Å². The van der Waals surface area contributed by atoms with Crippen LogP contribution in [0.5, 0.6) is 17.2 Å². The van der Waals surface area contributed by atoms with Crippen LogP contribution >= 0.6 is 0 Å². The molecule has 2 atom stereocenters. The number of amides is 1. The number of benzene rings is 2. The van der Waals surface area contributed by atoms with Gasteiger partial charge in [-0.15, -0.1) is 0 Å². The molecule has 5 nitrogen and oxygen atoms in total. The lowest BCUT2D eigenvalue weighted by atomic mass is 9.87. The summed E-state index contributed by atoms with van der Waals surface area (Å²) in [7, 11) is 1.63. The Morgan fingerprint density at radius 2 is 1.81 bits per heavy atom. The smallest absolute Gasteiger partial charge is 0.261 e. The van der Waals surface area contributed by atoms with E-state index in [-0.39, 0.29) is 17.4 Å². The number of ether oxygens (including phenoxy) is 3. The van der Waals surface area contributed by atoms with E-state index in [2.05, 4.69) is 38.2 Å². The summed E-state index contributed by atoms with van der Waals surface area (Å²) in [6.45, 7) is 12.5. The number of rotatable bonds is 6. The number of carbonyl (C=O) groups is 1. The van der Waals surface area contributed by atoms with Crippen molar-refractivity contribution in [2.45, 2.75) is 77.5 Å². The SMILES string of the molecule is CC[C@H](Oc1ccc(C(C)(C)C)cc1)C(=O)N[C@H]1CC(C)(C)Oc2cc(OC)ccc21. The lowest BCUT2D eigenvalue weighted by Gasteiger charge is -2.38. The molecule has 2 aromatic carbocycles. The quantitative estimate of drug-likeness (QED) is 0.657. The molecule has 0 radical (unpaired) electrons. The Bertz CT molecular complexity index is 912. The molecule has 1 aliphatic heterocycles. The van der Waals surface area contributed by atoms with Crippen molar-refractivity contribution in [2.24, 2.45) is 0 Å². The second kappa shape index (κ2) is 8.81. The number of nitrogens with one attached hydrogen (secondary N) is 1. The van der Waals surface area contributed by atoms with Crippen LogP contribution in [0.25, 0.3) is 0 Å². The molecule has 1 heterocycles. The highest BCUT2D eigenvalue weighted by molar-refractivity contribution is 5.81. The molecule has 0 aromatic heterocycles. The van der Waals surface area contributed by atoms with Gasteiger partial charge in [-0.25, -0.2) is 0 Å². The Balaban J connectivity index is 1.75. The molecular weight excluding hydrogens is 390 g/mol. The third kappa shape index (κ3) is 5.52. The summed E-state index contributed by atoms with van der Waals surface area (Å²) in [6.07, 6.45) is 0.692. The fourth-order valence-electron chi connectivity index (χ4n) is 3.87. The Labute approximate surface area is 186 Å². The van der Waals surface area contributed by atoms with Crippen molar-refractivity contribution in [3.63, 3.8) is 0 Å². The minimum absolute atomic E-state index is 0.0754. The van der Waals surface area contributed by atoms with Gasteiger partial charge in [0.05, 0.1) is 13.2 Å². The predicted molar refractivity (Wildman–Crippen MR) is 123 cm³/mol. The standard InChI is InChI=1S/C26H35NO4/c1-8-22(30-18-11-9-17(10-12-18)25(2,3)4)24(28)27-21-16-26(5,6)31-23-15-19(29-7)13-14-20(21)23/h9-15,21-22H,8,16H2,1-7H3,(H,27,28)/t21-,22-/m0/s1. The van der Waals surface area contributed by atoms with Crippen LogP contribution in [0.2, 0.25) is 0 Å². The molecule has 0 bridgehead atoms. The molecule has 0 unspecified atom stereocenters. The second-order valence-electron chi connectivity index (χ2n) is 9.82. The van der Waals surface area contributed by atoms with Gasteiger partial charge in [0.1, 0.15) is 22.8 Å². The van der Waals surface area contributed by atoms with Crippen molar-refractivity contribution in [3.05, 3.63) is 53.6 Å². The van der Waals surface area contributed by atoms with Gasteiger partial charge in [0.15, 0.2) is 6.10 Å². The maximum absolute atomic E-state index is 13.1. The van der Waals surface area contributed by atoms with Gasteiger partial charge in [-0.05, 0) is 55.5 Å². The van der Waals surface area contributed by atoms with Crippen molar-refractivity contribution < 1.29 is 19.0 Å². The minimum Gasteiger partial charge on any atom is -0.497 e. The predicted octanol–water partition coefficient (Wildman–Crippen LogP) is 5.57. The fraction of sp³-hybridized carbons (Fsp3) is 0.500. The second-order valence-corrected chi connectivity index (χ2v) is 9.82. The molecule has 1 aliphatic rings. The Morgan fingerprint density at radius 1 is 1.16 bits per heavy atom. The zero-order valence-corrected chi connectivity index (χ0v) is 19.7. The topological polar surface area (TPSA) is 56.8 Å². The van der Waals surface area contributed by atoms with Crippen molar-refractivity contribution >= 4 is 5.91 Å². The first-order valence-electron chi connectivity index (χ1n) is 11.0. The summed E-state index contributed by atoms with van der Waals surface area (Å²) in [5, 5.41) is 3.19. The lowest BCUT2D eigenvalue weighted by Crippen LogP contribution is -2.45. The highest BCUT2D eigenvalue weighted by atomic mass is 16.5. The maximum Gasteiger partial charge on any atom is 0.261 e. The third-order valence-corrected chi connectivity index (χ3v) is 5.66. The lowest BCUT2D eigenvalue weighted by molar-refractivity contribution is -0.129. The normalized spacial score (nSPS) is 18.4. The summed E-state index contributed by atoms with van der Waals surface area (Å²) in [5.74, 6) is 2.06. The van der Waals surface area contributed by atoms with E-state index in [4.69, 9.17) is 14.2 Å². The van der Waals surface area contributed by atoms with E-state index in [1.807, 2.05) is 51.1 Å². The van der Waals surface area contributed by atoms with E-state index in [9.17, 15) is 4.79 Å². The van der Waals surface area contributed by atoms with Crippen molar-refractivity contribution in [1.82, 2.24) is 5.32 Å². The van der Waals surface area contributed by atoms with Crippen LogP contribution in [0.15, 0.2) is 42.5 Å². The molecule has 0 aliphatic carbocycles. The Kier molecular flexibility index (Phi) is 6.54. The van der Waals surface area contributed by atoms with Crippen LogP contribution < -0.4 is 19.5 Å². The average Bonchev–Trinajstić information content (AvgIpc) is 2.70. The molecule has 0 fully saturated rings. The molecule has 0 saturated carbocycles. The van der Waals surface area contributed by atoms with Gasteiger partial charge in [-0.3, -0.25) is 4.79 Å². The maximum atomic E-state index is 13.1. The summed E-state index contributed by atoms with van der Waals surface area (Å²) in [4.78, 5) is 13.1. The summed E-state index contributed by atoms with van der Waals surface area (Å²) in [5.41, 5.74) is 1.86. The first-order valence-corrected chi connectivity index (χ1v) is 11.0. The van der Waals surface area contributed by atoms with Crippen molar-refractivity contribution in [2.75, 3.05) is 7.11 Å². The fourth-order valence-corrected chi connectivity index (χ4v) is 3.87. The van der Waals surface area contributed by atoms with Gasteiger partial charge in [0.2, 0.25) is 0 Å². The molecule has 0 spiro atoms. The summed E-state index contributed by atoms with van der Waals surface area (Å²) in [6, 6.07) is 13.6.